The van der Waals surface area contributed by atoms with Crippen LogP contribution < -0.4 is 10.2 Å². The van der Waals surface area contributed by atoms with E-state index in [1.807, 2.05) is 12.1 Å². The molecule has 3 heteroatoms. The van der Waals surface area contributed by atoms with Crippen LogP contribution in [0.5, 0.6) is 0 Å². The zero-order chi connectivity index (χ0) is 13.0. The topological polar surface area (TPSA) is 15.3 Å². The second kappa shape index (κ2) is 6.19. The third-order valence-corrected chi connectivity index (χ3v) is 3.62. The molecule has 2 rings (SSSR count). The quantitative estimate of drug-likeness (QED) is 0.860. The van der Waals surface area contributed by atoms with Crippen LogP contribution in [0.4, 0.5) is 10.1 Å². The fraction of sp³-hybridized carbons (Fsp3) is 0.600. The summed E-state index contributed by atoms with van der Waals surface area (Å²) in [6.45, 7) is 7.16. The molecule has 0 aromatic heterocycles. The van der Waals surface area contributed by atoms with Gasteiger partial charge in [-0.2, -0.15) is 0 Å². The maximum atomic E-state index is 14.1. The molecule has 1 aliphatic heterocycles. The van der Waals surface area contributed by atoms with E-state index < -0.39 is 0 Å². The summed E-state index contributed by atoms with van der Waals surface area (Å²) in [5.74, 6) is -0.0838. The Hall–Kier alpha value is -1.09. The SMILES string of the molecule is CCCNC(C)c1ccc(N2CCCC2)c(F)c1. The van der Waals surface area contributed by atoms with E-state index in [2.05, 4.69) is 24.1 Å². The summed E-state index contributed by atoms with van der Waals surface area (Å²) in [5, 5.41) is 3.38. The van der Waals surface area contributed by atoms with E-state index in [4.69, 9.17) is 0 Å². The maximum Gasteiger partial charge on any atom is 0.146 e. The van der Waals surface area contributed by atoms with Gasteiger partial charge in [0, 0.05) is 19.1 Å². The van der Waals surface area contributed by atoms with E-state index in [1.54, 1.807) is 6.07 Å². The van der Waals surface area contributed by atoms with Gasteiger partial charge in [-0.15, -0.1) is 0 Å². The van der Waals surface area contributed by atoms with Crippen molar-refractivity contribution in [1.29, 1.82) is 0 Å². The number of hydrogen-bond acceptors (Lipinski definition) is 2. The van der Waals surface area contributed by atoms with Gasteiger partial charge in [-0.1, -0.05) is 13.0 Å². The normalized spacial score (nSPS) is 17.2. The number of benzene rings is 1. The highest BCUT2D eigenvalue weighted by molar-refractivity contribution is 5.50. The summed E-state index contributed by atoms with van der Waals surface area (Å²) in [7, 11) is 0. The summed E-state index contributed by atoms with van der Waals surface area (Å²) in [5.41, 5.74) is 1.79. The van der Waals surface area contributed by atoms with Crippen molar-refractivity contribution in [3.8, 4) is 0 Å². The van der Waals surface area contributed by atoms with Crippen LogP contribution in [0.3, 0.4) is 0 Å². The van der Waals surface area contributed by atoms with E-state index in [0.717, 1.165) is 37.3 Å². The van der Waals surface area contributed by atoms with Crippen LogP contribution in [-0.2, 0) is 0 Å². The highest BCUT2D eigenvalue weighted by Crippen LogP contribution is 2.26. The van der Waals surface area contributed by atoms with Crippen LogP contribution in [0.1, 0.15) is 44.7 Å². The molecule has 1 fully saturated rings. The molecule has 1 N–H and O–H groups in total. The molecule has 1 heterocycles. The van der Waals surface area contributed by atoms with Crippen molar-refractivity contribution < 1.29 is 4.39 Å². The summed E-state index contributed by atoms with van der Waals surface area (Å²) in [6.07, 6.45) is 3.45. The molecule has 1 unspecified atom stereocenters. The molecule has 18 heavy (non-hydrogen) atoms. The standard InChI is InChI=1S/C15H23FN2/c1-3-8-17-12(2)13-6-7-15(14(16)11-13)18-9-4-5-10-18/h6-7,11-12,17H,3-5,8-10H2,1-2H3. The van der Waals surface area contributed by atoms with Crippen LogP contribution in [0.25, 0.3) is 0 Å². The van der Waals surface area contributed by atoms with Crippen LogP contribution in [-0.4, -0.2) is 19.6 Å². The van der Waals surface area contributed by atoms with Gasteiger partial charge in [0.25, 0.3) is 0 Å². The fourth-order valence-electron chi connectivity index (χ4n) is 2.49. The molecule has 1 aromatic rings. The van der Waals surface area contributed by atoms with Gasteiger partial charge < -0.3 is 10.2 Å². The van der Waals surface area contributed by atoms with Crippen molar-refractivity contribution in [2.45, 2.75) is 39.2 Å². The molecule has 1 aliphatic rings. The molecule has 2 nitrogen and oxygen atoms in total. The number of anilines is 1. The first kappa shape index (κ1) is 13.3. The lowest BCUT2D eigenvalue weighted by atomic mass is 10.1. The number of nitrogens with one attached hydrogen (secondary N) is 1. The second-order valence-electron chi connectivity index (χ2n) is 5.08. The predicted octanol–water partition coefficient (Wildman–Crippen LogP) is 3.49. The van der Waals surface area contributed by atoms with Gasteiger partial charge in [0.2, 0.25) is 0 Å². The Morgan fingerprint density at radius 1 is 1.33 bits per heavy atom. The largest absolute Gasteiger partial charge is 0.369 e. The van der Waals surface area contributed by atoms with E-state index in [-0.39, 0.29) is 11.9 Å². The van der Waals surface area contributed by atoms with Crippen molar-refractivity contribution in [1.82, 2.24) is 5.32 Å². The summed E-state index contributed by atoms with van der Waals surface area (Å²) >= 11 is 0. The summed E-state index contributed by atoms with van der Waals surface area (Å²) in [4.78, 5) is 2.14. The Morgan fingerprint density at radius 3 is 2.67 bits per heavy atom. The average Bonchev–Trinajstić information content (AvgIpc) is 2.89. The molecule has 1 atom stereocenters. The lowest BCUT2D eigenvalue weighted by Crippen LogP contribution is -2.21. The van der Waals surface area contributed by atoms with Crippen LogP contribution in [0, 0.1) is 5.82 Å². The average molecular weight is 250 g/mol. The number of hydrogen-bond donors (Lipinski definition) is 1. The van der Waals surface area contributed by atoms with Gasteiger partial charge >= 0.3 is 0 Å². The van der Waals surface area contributed by atoms with Gasteiger partial charge in [0.05, 0.1) is 5.69 Å². The van der Waals surface area contributed by atoms with E-state index in [0.29, 0.717) is 0 Å². The van der Waals surface area contributed by atoms with Gasteiger partial charge in [0.1, 0.15) is 5.82 Å². The zero-order valence-corrected chi connectivity index (χ0v) is 11.4. The maximum absolute atomic E-state index is 14.1. The van der Waals surface area contributed by atoms with Gasteiger partial charge in [-0.3, -0.25) is 0 Å². The highest BCUT2D eigenvalue weighted by atomic mass is 19.1. The van der Waals surface area contributed by atoms with E-state index in [9.17, 15) is 4.39 Å². The molecule has 100 valence electrons. The minimum Gasteiger partial charge on any atom is -0.369 e. The minimum atomic E-state index is -0.0838. The molecule has 1 aromatic carbocycles. The highest BCUT2D eigenvalue weighted by Gasteiger charge is 2.17. The molecule has 0 bridgehead atoms. The number of nitrogens with zero attached hydrogens (tertiary/aromatic N) is 1. The Labute approximate surface area is 109 Å². The minimum absolute atomic E-state index is 0.0838. The Bertz CT molecular complexity index is 386. The first-order valence-electron chi connectivity index (χ1n) is 7.00. The second-order valence-corrected chi connectivity index (χ2v) is 5.08. The van der Waals surface area contributed by atoms with Crippen molar-refractivity contribution in [2.75, 3.05) is 24.5 Å². The van der Waals surface area contributed by atoms with E-state index in [1.165, 1.54) is 12.8 Å². The summed E-state index contributed by atoms with van der Waals surface area (Å²) in [6, 6.07) is 5.87. The Morgan fingerprint density at radius 2 is 2.06 bits per heavy atom. The van der Waals surface area contributed by atoms with Gasteiger partial charge in [-0.05, 0) is 50.4 Å². The monoisotopic (exact) mass is 250 g/mol. The van der Waals surface area contributed by atoms with Gasteiger partial charge in [0.15, 0.2) is 0 Å². The first-order valence-corrected chi connectivity index (χ1v) is 7.00. The van der Waals surface area contributed by atoms with E-state index >= 15 is 0 Å². The van der Waals surface area contributed by atoms with Crippen molar-refractivity contribution in [2.24, 2.45) is 0 Å². The first-order chi connectivity index (χ1) is 8.72. The number of rotatable bonds is 5. The van der Waals surface area contributed by atoms with Crippen LogP contribution in [0.2, 0.25) is 0 Å². The number of halogens is 1. The Balaban J connectivity index is 2.08. The molecule has 1 saturated heterocycles. The fourth-order valence-corrected chi connectivity index (χ4v) is 2.49. The smallest absolute Gasteiger partial charge is 0.146 e. The Kier molecular flexibility index (Phi) is 4.59. The molecule has 0 amide bonds. The third-order valence-electron chi connectivity index (χ3n) is 3.62. The van der Waals surface area contributed by atoms with Crippen molar-refractivity contribution >= 4 is 5.69 Å². The lowest BCUT2D eigenvalue weighted by Gasteiger charge is -2.20. The van der Waals surface area contributed by atoms with Crippen LogP contribution >= 0.6 is 0 Å². The zero-order valence-electron chi connectivity index (χ0n) is 11.4. The molecule has 0 spiro atoms. The van der Waals surface area contributed by atoms with Crippen molar-refractivity contribution in [3.05, 3.63) is 29.6 Å². The predicted molar refractivity (Wildman–Crippen MR) is 74.6 cm³/mol. The molecular formula is C15H23FN2. The molecule has 0 aliphatic carbocycles. The lowest BCUT2D eigenvalue weighted by molar-refractivity contribution is 0.561. The van der Waals surface area contributed by atoms with Crippen molar-refractivity contribution in [3.63, 3.8) is 0 Å². The summed E-state index contributed by atoms with van der Waals surface area (Å²) < 4.78 is 14.1. The van der Waals surface area contributed by atoms with Gasteiger partial charge in [-0.25, -0.2) is 4.39 Å². The molecule has 0 radical (unpaired) electrons. The molecular weight excluding hydrogens is 227 g/mol. The van der Waals surface area contributed by atoms with Crippen LogP contribution in [0.15, 0.2) is 18.2 Å². The molecule has 0 saturated carbocycles. The third kappa shape index (κ3) is 3.02.